The van der Waals surface area contributed by atoms with Gasteiger partial charge < -0.3 is 15.0 Å². The summed E-state index contributed by atoms with van der Waals surface area (Å²) in [6.45, 7) is 4.79. The minimum Gasteiger partial charge on any atom is -0.376 e. The first-order valence-corrected chi connectivity index (χ1v) is 11.9. The maximum Gasteiger partial charge on any atom is 0.434 e. The van der Waals surface area contributed by atoms with Gasteiger partial charge in [0, 0.05) is 46.7 Å². The van der Waals surface area contributed by atoms with Gasteiger partial charge in [-0.25, -0.2) is 0 Å². The second-order valence-corrected chi connectivity index (χ2v) is 10.4. The van der Waals surface area contributed by atoms with Crippen molar-refractivity contribution in [2.45, 2.75) is 57.3 Å². The van der Waals surface area contributed by atoms with E-state index in [4.69, 9.17) is 7.48 Å². The maximum atomic E-state index is 13.3. The SMILES string of the molecule is [2H]C([2H])(C1CCOC(C)(C)C1)N1C[C@H]2CC(Nc3ccc(-c4cccnc4C(F)(F)F)nn3)C[C@H]2C1. The smallest absolute Gasteiger partial charge is 0.376 e. The third-order valence-corrected chi connectivity index (χ3v) is 7.18. The highest BCUT2D eigenvalue weighted by Crippen LogP contribution is 2.40. The molecule has 1 N–H and O–H groups in total. The second kappa shape index (κ2) is 9.07. The molecule has 0 spiro atoms. The van der Waals surface area contributed by atoms with Gasteiger partial charge in [-0.2, -0.15) is 13.2 Å². The lowest BCUT2D eigenvalue weighted by Gasteiger charge is -2.37. The van der Waals surface area contributed by atoms with Crippen molar-refractivity contribution in [1.29, 1.82) is 0 Å². The first-order chi connectivity index (χ1) is 16.9. The number of nitrogens with zero attached hydrogens (tertiary/aromatic N) is 4. The van der Waals surface area contributed by atoms with Crippen molar-refractivity contribution in [3.63, 3.8) is 0 Å². The molecule has 1 aliphatic carbocycles. The minimum atomic E-state index is -4.57. The number of pyridine rings is 1. The summed E-state index contributed by atoms with van der Waals surface area (Å²) in [5.41, 5.74) is -1.24. The lowest BCUT2D eigenvalue weighted by Crippen LogP contribution is -2.39. The highest BCUT2D eigenvalue weighted by atomic mass is 19.4. The molecular weight excluding hydrogens is 443 g/mol. The number of halogens is 3. The van der Waals surface area contributed by atoms with Gasteiger partial charge in [0.25, 0.3) is 0 Å². The number of fused-ring (bicyclic) bond motifs is 1. The van der Waals surface area contributed by atoms with Gasteiger partial charge in [0.05, 0.1) is 11.3 Å². The molecule has 3 aliphatic rings. The summed E-state index contributed by atoms with van der Waals surface area (Å²) >= 11 is 0. The second-order valence-electron chi connectivity index (χ2n) is 10.4. The van der Waals surface area contributed by atoms with Gasteiger partial charge in [0.1, 0.15) is 5.82 Å². The van der Waals surface area contributed by atoms with Crippen LogP contribution in [0.4, 0.5) is 19.0 Å². The largest absolute Gasteiger partial charge is 0.434 e. The molecule has 2 aromatic heterocycles. The summed E-state index contributed by atoms with van der Waals surface area (Å²) in [5, 5.41) is 11.5. The number of anilines is 1. The molecule has 0 bridgehead atoms. The fourth-order valence-electron chi connectivity index (χ4n) is 5.72. The van der Waals surface area contributed by atoms with Gasteiger partial charge in [-0.3, -0.25) is 4.98 Å². The Labute approximate surface area is 201 Å². The van der Waals surface area contributed by atoms with Crippen LogP contribution in [-0.2, 0) is 10.9 Å². The number of likely N-dealkylation sites (tertiary alicyclic amines) is 1. The number of nitrogens with one attached hydrogen (secondary N) is 1. The van der Waals surface area contributed by atoms with Crippen LogP contribution in [0, 0.1) is 17.8 Å². The van der Waals surface area contributed by atoms with Crippen LogP contribution in [0.5, 0.6) is 0 Å². The highest BCUT2D eigenvalue weighted by Gasteiger charge is 2.42. The minimum absolute atomic E-state index is 0.0412. The molecule has 2 unspecified atom stereocenters. The van der Waals surface area contributed by atoms with Crippen LogP contribution in [-0.4, -0.2) is 57.9 Å². The Balaban J connectivity index is 1.19. The molecule has 4 atom stereocenters. The molecule has 3 fully saturated rings. The Morgan fingerprint density at radius 2 is 1.94 bits per heavy atom. The van der Waals surface area contributed by atoms with E-state index in [1.165, 1.54) is 18.2 Å². The normalized spacial score (nSPS) is 30.5. The number of hydrogen-bond donors (Lipinski definition) is 1. The topological polar surface area (TPSA) is 63.2 Å². The molecular formula is C25H32F3N5O. The zero-order valence-electron chi connectivity index (χ0n) is 21.5. The zero-order chi connectivity index (χ0) is 25.7. The molecule has 2 aliphatic heterocycles. The van der Waals surface area contributed by atoms with Crippen molar-refractivity contribution in [3.8, 4) is 11.3 Å². The molecule has 2 saturated heterocycles. The van der Waals surface area contributed by atoms with Crippen LogP contribution < -0.4 is 5.32 Å². The molecule has 0 amide bonds. The van der Waals surface area contributed by atoms with Gasteiger partial charge in [0.15, 0.2) is 5.69 Å². The highest BCUT2D eigenvalue weighted by molar-refractivity contribution is 5.62. The molecule has 2 aromatic rings. The molecule has 34 heavy (non-hydrogen) atoms. The first kappa shape index (κ1) is 21.1. The number of ether oxygens (including phenoxy) is 1. The van der Waals surface area contributed by atoms with Crippen LogP contribution in [0.15, 0.2) is 30.5 Å². The van der Waals surface area contributed by atoms with E-state index in [1.54, 1.807) is 6.07 Å². The lowest BCUT2D eigenvalue weighted by molar-refractivity contribution is -0.140. The maximum absolute atomic E-state index is 13.3. The summed E-state index contributed by atoms with van der Waals surface area (Å²) in [6.07, 6.45) is -0.189. The third-order valence-electron chi connectivity index (χ3n) is 7.18. The lowest BCUT2D eigenvalue weighted by atomic mass is 9.88. The van der Waals surface area contributed by atoms with Crippen molar-refractivity contribution in [2.75, 3.05) is 31.5 Å². The monoisotopic (exact) mass is 477 g/mol. The number of rotatable bonds is 5. The summed E-state index contributed by atoms with van der Waals surface area (Å²) in [4.78, 5) is 5.51. The van der Waals surface area contributed by atoms with Gasteiger partial charge >= 0.3 is 6.18 Å². The van der Waals surface area contributed by atoms with Crippen molar-refractivity contribution in [1.82, 2.24) is 20.1 Å². The molecule has 1 saturated carbocycles. The number of alkyl halides is 3. The summed E-state index contributed by atoms with van der Waals surface area (Å²) < 4.78 is 63.4. The summed E-state index contributed by atoms with van der Waals surface area (Å²) in [7, 11) is 0. The van der Waals surface area contributed by atoms with Crippen LogP contribution >= 0.6 is 0 Å². The van der Waals surface area contributed by atoms with E-state index in [2.05, 4.69) is 20.5 Å². The van der Waals surface area contributed by atoms with Gasteiger partial charge in [-0.15, -0.1) is 10.2 Å². The number of hydrogen-bond acceptors (Lipinski definition) is 6. The van der Waals surface area contributed by atoms with Crippen molar-refractivity contribution >= 4 is 5.82 Å². The fraction of sp³-hybridized carbons (Fsp3) is 0.640. The van der Waals surface area contributed by atoms with Gasteiger partial charge in [-0.05, 0) is 81.5 Å². The van der Waals surface area contributed by atoms with Crippen molar-refractivity contribution in [2.24, 2.45) is 17.8 Å². The fourth-order valence-corrected chi connectivity index (χ4v) is 5.72. The zero-order valence-corrected chi connectivity index (χ0v) is 19.5. The average molecular weight is 478 g/mol. The third kappa shape index (κ3) is 5.20. The van der Waals surface area contributed by atoms with Crippen LogP contribution in [0.1, 0.15) is 48.0 Å². The van der Waals surface area contributed by atoms with E-state index in [0.29, 0.717) is 30.7 Å². The molecule has 4 heterocycles. The Hall–Kier alpha value is -2.26. The Morgan fingerprint density at radius 1 is 1.18 bits per heavy atom. The van der Waals surface area contributed by atoms with E-state index < -0.39 is 18.4 Å². The Morgan fingerprint density at radius 3 is 2.59 bits per heavy atom. The number of aromatic nitrogens is 3. The van der Waals surface area contributed by atoms with Crippen LogP contribution in [0.25, 0.3) is 11.3 Å². The van der Waals surface area contributed by atoms with Gasteiger partial charge in [0.2, 0.25) is 0 Å². The quantitative estimate of drug-likeness (QED) is 0.662. The standard InChI is InChI=1S/C25H32F3N5O/c1-24(2)12-16(7-9-34-24)13-33-14-17-10-19(11-18(17)15-33)30-22-6-5-21(31-32-22)20-4-3-8-29-23(20)25(26,27)28/h3-6,8,16-19H,7,9-15H2,1-2H3,(H,30,32)/t16?,17-,18+,19?/i13D2. The Kier molecular flexibility index (Phi) is 5.62. The van der Waals surface area contributed by atoms with Crippen LogP contribution in [0.2, 0.25) is 0 Å². The molecule has 5 rings (SSSR count). The van der Waals surface area contributed by atoms with E-state index in [1.807, 2.05) is 18.7 Å². The predicted molar refractivity (Wildman–Crippen MR) is 123 cm³/mol. The average Bonchev–Trinajstić information content (AvgIpc) is 3.38. The van der Waals surface area contributed by atoms with Crippen molar-refractivity contribution in [3.05, 3.63) is 36.2 Å². The van der Waals surface area contributed by atoms with E-state index in [9.17, 15) is 13.2 Å². The van der Waals surface area contributed by atoms with E-state index in [0.717, 1.165) is 38.5 Å². The molecule has 0 radical (unpaired) electrons. The molecule has 184 valence electrons. The molecule has 9 heteroatoms. The van der Waals surface area contributed by atoms with Gasteiger partial charge in [-0.1, -0.05) is 0 Å². The summed E-state index contributed by atoms with van der Waals surface area (Å²) in [5.74, 6) is 1.29. The molecule has 0 aromatic carbocycles. The Bertz CT molecular complexity index is 1070. The van der Waals surface area contributed by atoms with E-state index >= 15 is 0 Å². The summed E-state index contributed by atoms with van der Waals surface area (Å²) in [6, 6.07) is 6.16. The van der Waals surface area contributed by atoms with E-state index in [-0.39, 0.29) is 28.8 Å². The predicted octanol–water partition coefficient (Wildman–Crippen LogP) is 4.88. The first-order valence-electron chi connectivity index (χ1n) is 12.9. The van der Waals surface area contributed by atoms with Crippen LogP contribution in [0.3, 0.4) is 0 Å². The molecule has 6 nitrogen and oxygen atoms in total. The van der Waals surface area contributed by atoms with Crippen molar-refractivity contribution < 1.29 is 20.6 Å².